The highest BCUT2D eigenvalue weighted by molar-refractivity contribution is 5.77. The molecule has 1 aliphatic heterocycles. The van der Waals surface area contributed by atoms with Crippen LogP contribution >= 0.6 is 0 Å². The summed E-state index contributed by atoms with van der Waals surface area (Å²) in [4.78, 5) is 13.6. The largest absolute Gasteiger partial charge is 0.396 e. The minimum absolute atomic E-state index is 0.0510. The number of carbonyl (C=O) groups excluding carboxylic acids is 1. The number of carbonyl (C=O) groups is 1. The van der Waals surface area contributed by atoms with Crippen LogP contribution in [0.3, 0.4) is 0 Å². The van der Waals surface area contributed by atoms with Gasteiger partial charge in [0.1, 0.15) is 0 Å². The molecule has 0 aliphatic carbocycles. The summed E-state index contributed by atoms with van der Waals surface area (Å²) < 4.78 is 0. The third-order valence-corrected chi connectivity index (χ3v) is 2.97. The molecule has 0 aromatic carbocycles. The molecular formula is C11H23N3O2. The molecule has 0 aromatic rings. The van der Waals surface area contributed by atoms with Gasteiger partial charge in [-0.1, -0.05) is 0 Å². The highest BCUT2D eigenvalue weighted by Gasteiger charge is 2.20. The van der Waals surface area contributed by atoms with Crippen molar-refractivity contribution in [3.63, 3.8) is 0 Å². The van der Waals surface area contributed by atoms with Gasteiger partial charge in [-0.25, -0.2) is 0 Å². The van der Waals surface area contributed by atoms with Gasteiger partial charge in [0.25, 0.3) is 0 Å². The second-order valence-electron chi connectivity index (χ2n) is 4.39. The van der Waals surface area contributed by atoms with Gasteiger partial charge in [-0.15, -0.1) is 0 Å². The Bertz CT molecular complexity index is 209. The van der Waals surface area contributed by atoms with Crippen molar-refractivity contribution >= 4 is 5.91 Å². The summed E-state index contributed by atoms with van der Waals surface area (Å²) in [5, 5.41) is 11.7. The topological polar surface area (TPSA) is 78.6 Å². The molecule has 0 aromatic heterocycles. The summed E-state index contributed by atoms with van der Waals surface area (Å²) in [6, 6.07) is 0. The van der Waals surface area contributed by atoms with Crippen molar-refractivity contribution in [2.45, 2.75) is 19.3 Å². The van der Waals surface area contributed by atoms with Gasteiger partial charge >= 0.3 is 0 Å². The zero-order valence-corrected chi connectivity index (χ0v) is 9.82. The molecule has 0 saturated carbocycles. The van der Waals surface area contributed by atoms with E-state index in [-0.39, 0.29) is 12.5 Å². The first-order valence-electron chi connectivity index (χ1n) is 6.06. The van der Waals surface area contributed by atoms with E-state index in [1.807, 2.05) is 0 Å². The summed E-state index contributed by atoms with van der Waals surface area (Å²) >= 11 is 0. The van der Waals surface area contributed by atoms with Crippen molar-refractivity contribution in [3.8, 4) is 0 Å². The fraction of sp³-hybridized carbons (Fsp3) is 0.909. The van der Waals surface area contributed by atoms with E-state index in [9.17, 15) is 4.79 Å². The average Bonchev–Trinajstić information content (AvgIpc) is 2.27. The van der Waals surface area contributed by atoms with E-state index in [0.717, 1.165) is 25.9 Å². The molecule has 0 spiro atoms. The number of nitrogens with one attached hydrogen (secondary N) is 1. The zero-order valence-electron chi connectivity index (χ0n) is 9.82. The van der Waals surface area contributed by atoms with Crippen molar-refractivity contribution in [2.24, 2.45) is 11.7 Å². The lowest BCUT2D eigenvalue weighted by atomic mass is 9.95. The number of aliphatic hydroxyl groups excluding tert-OH is 1. The first-order chi connectivity index (χ1) is 7.76. The molecule has 4 N–H and O–H groups in total. The van der Waals surface area contributed by atoms with Gasteiger partial charge in [-0.05, 0) is 31.7 Å². The van der Waals surface area contributed by atoms with Crippen LogP contribution < -0.4 is 11.1 Å². The molecule has 1 unspecified atom stereocenters. The molecule has 1 fully saturated rings. The van der Waals surface area contributed by atoms with Crippen molar-refractivity contribution < 1.29 is 9.90 Å². The quantitative estimate of drug-likeness (QED) is 0.555. The van der Waals surface area contributed by atoms with E-state index in [1.54, 1.807) is 0 Å². The average molecular weight is 229 g/mol. The second-order valence-corrected chi connectivity index (χ2v) is 4.39. The van der Waals surface area contributed by atoms with Crippen molar-refractivity contribution in [2.75, 3.05) is 39.3 Å². The van der Waals surface area contributed by atoms with Crippen LogP contribution in [0.25, 0.3) is 0 Å². The van der Waals surface area contributed by atoms with E-state index in [4.69, 9.17) is 10.8 Å². The van der Waals surface area contributed by atoms with Gasteiger partial charge < -0.3 is 16.2 Å². The van der Waals surface area contributed by atoms with Crippen LogP contribution in [-0.4, -0.2) is 55.2 Å². The molecule has 5 nitrogen and oxygen atoms in total. The van der Waals surface area contributed by atoms with Gasteiger partial charge in [0, 0.05) is 26.2 Å². The number of nitrogens with two attached hydrogens (primary N) is 1. The molecule has 0 bridgehead atoms. The van der Waals surface area contributed by atoms with Gasteiger partial charge in [0.05, 0.1) is 6.54 Å². The van der Waals surface area contributed by atoms with Crippen LogP contribution in [0.2, 0.25) is 0 Å². The van der Waals surface area contributed by atoms with Gasteiger partial charge in [-0.3, -0.25) is 9.69 Å². The van der Waals surface area contributed by atoms with Crippen LogP contribution in [0.5, 0.6) is 0 Å². The molecule has 0 radical (unpaired) electrons. The lowest BCUT2D eigenvalue weighted by Crippen LogP contribution is -2.43. The minimum atomic E-state index is 0.0510. The Kier molecular flexibility index (Phi) is 6.37. The van der Waals surface area contributed by atoms with Crippen LogP contribution in [0.4, 0.5) is 0 Å². The molecule has 1 aliphatic rings. The smallest absolute Gasteiger partial charge is 0.234 e. The summed E-state index contributed by atoms with van der Waals surface area (Å²) in [6.07, 6.45) is 3.14. The molecule has 1 saturated heterocycles. The molecular weight excluding hydrogens is 206 g/mol. The Morgan fingerprint density at radius 2 is 2.38 bits per heavy atom. The van der Waals surface area contributed by atoms with E-state index in [0.29, 0.717) is 25.6 Å². The number of hydrogen-bond donors (Lipinski definition) is 3. The van der Waals surface area contributed by atoms with Crippen LogP contribution in [0.15, 0.2) is 0 Å². The fourth-order valence-corrected chi connectivity index (χ4v) is 2.18. The third-order valence-electron chi connectivity index (χ3n) is 2.97. The number of piperidine rings is 1. The Morgan fingerprint density at radius 1 is 1.56 bits per heavy atom. The third kappa shape index (κ3) is 4.92. The lowest BCUT2D eigenvalue weighted by Gasteiger charge is -2.31. The van der Waals surface area contributed by atoms with Crippen LogP contribution in [-0.2, 0) is 4.79 Å². The van der Waals surface area contributed by atoms with Crippen molar-refractivity contribution in [3.05, 3.63) is 0 Å². The summed E-state index contributed by atoms with van der Waals surface area (Å²) in [5.41, 5.74) is 5.32. The monoisotopic (exact) mass is 229 g/mol. The minimum Gasteiger partial charge on any atom is -0.396 e. The Labute approximate surface area is 97.0 Å². The molecule has 94 valence electrons. The van der Waals surface area contributed by atoms with Crippen molar-refractivity contribution in [1.82, 2.24) is 10.2 Å². The Hall–Kier alpha value is -0.650. The van der Waals surface area contributed by atoms with E-state index >= 15 is 0 Å². The lowest BCUT2D eigenvalue weighted by molar-refractivity contribution is -0.122. The number of amides is 1. The molecule has 1 amide bonds. The highest BCUT2D eigenvalue weighted by atomic mass is 16.3. The van der Waals surface area contributed by atoms with E-state index in [1.165, 1.54) is 6.42 Å². The maximum atomic E-state index is 11.5. The zero-order chi connectivity index (χ0) is 11.8. The number of hydrogen-bond acceptors (Lipinski definition) is 4. The SMILES string of the molecule is NCCNC(=O)CN1CCCC(CCO)C1. The standard InChI is InChI=1S/C11H23N3O2/c12-4-5-13-11(16)9-14-6-1-2-10(8-14)3-7-15/h10,15H,1-9,12H2,(H,13,16). The molecule has 1 rings (SSSR count). The molecule has 5 heteroatoms. The number of aliphatic hydroxyl groups is 1. The van der Waals surface area contributed by atoms with Crippen molar-refractivity contribution in [1.29, 1.82) is 0 Å². The Morgan fingerprint density at radius 3 is 3.06 bits per heavy atom. The number of likely N-dealkylation sites (tertiary alicyclic amines) is 1. The molecule has 1 heterocycles. The summed E-state index contributed by atoms with van der Waals surface area (Å²) in [7, 11) is 0. The predicted octanol–water partition coefficient (Wildman–Crippen LogP) is -0.844. The van der Waals surface area contributed by atoms with E-state index in [2.05, 4.69) is 10.2 Å². The summed E-state index contributed by atoms with van der Waals surface area (Å²) in [5.74, 6) is 0.594. The Balaban J connectivity index is 2.22. The first-order valence-corrected chi connectivity index (χ1v) is 6.06. The maximum absolute atomic E-state index is 11.5. The van der Waals surface area contributed by atoms with Crippen LogP contribution in [0, 0.1) is 5.92 Å². The van der Waals surface area contributed by atoms with Crippen LogP contribution in [0.1, 0.15) is 19.3 Å². The summed E-state index contributed by atoms with van der Waals surface area (Å²) in [6.45, 7) is 3.65. The van der Waals surface area contributed by atoms with Gasteiger partial charge in [-0.2, -0.15) is 0 Å². The van der Waals surface area contributed by atoms with E-state index < -0.39 is 0 Å². The second kappa shape index (κ2) is 7.60. The van der Waals surface area contributed by atoms with Gasteiger partial charge in [0.15, 0.2) is 0 Å². The maximum Gasteiger partial charge on any atom is 0.234 e. The first kappa shape index (κ1) is 13.4. The molecule has 1 atom stereocenters. The van der Waals surface area contributed by atoms with Gasteiger partial charge in [0.2, 0.25) is 5.91 Å². The number of rotatable bonds is 6. The number of nitrogens with zero attached hydrogens (tertiary/aromatic N) is 1. The predicted molar refractivity (Wildman–Crippen MR) is 62.9 cm³/mol. The highest BCUT2D eigenvalue weighted by Crippen LogP contribution is 2.18. The normalized spacial score (nSPS) is 22.0. The molecule has 16 heavy (non-hydrogen) atoms. The fourth-order valence-electron chi connectivity index (χ4n) is 2.18.